The Hall–Kier alpha value is -3.39. The summed E-state index contributed by atoms with van der Waals surface area (Å²) in [4.78, 5) is 36.9. The molecule has 1 saturated carbocycles. The van der Waals surface area contributed by atoms with Crippen LogP contribution in [0.4, 0.5) is 4.79 Å². The van der Waals surface area contributed by atoms with Crippen LogP contribution in [0.15, 0.2) is 48.5 Å². The monoisotopic (exact) mass is 464 g/mol. The molecule has 5 rings (SSSR count). The Bertz CT molecular complexity index is 1040. The van der Waals surface area contributed by atoms with E-state index in [1.54, 1.807) is 4.90 Å². The van der Waals surface area contributed by atoms with E-state index in [2.05, 4.69) is 29.6 Å². The Morgan fingerprint density at radius 2 is 1.59 bits per heavy atom. The van der Waals surface area contributed by atoms with Crippen LogP contribution in [0.1, 0.15) is 36.3 Å². The molecule has 0 spiro atoms. The molecule has 2 amide bonds. The SMILES string of the molecule is O=C(O)COC1CN(C(=O)CC2CC(NC(=O)OCC3c4ccccc4-c4ccccc43)C2)C1. The van der Waals surface area contributed by atoms with Crippen LogP contribution in [-0.4, -0.2) is 66.4 Å². The maximum Gasteiger partial charge on any atom is 0.407 e. The average Bonchev–Trinajstić information content (AvgIpc) is 3.08. The number of amides is 2. The summed E-state index contributed by atoms with van der Waals surface area (Å²) in [5, 5.41) is 11.5. The number of fused-ring (bicyclic) bond motifs is 3. The van der Waals surface area contributed by atoms with E-state index in [9.17, 15) is 14.4 Å². The molecule has 0 bridgehead atoms. The van der Waals surface area contributed by atoms with Gasteiger partial charge in [-0.25, -0.2) is 9.59 Å². The maximum atomic E-state index is 12.4. The molecule has 2 aromatic carbocycles. The van der Waals surface area contributed by atoms with Crippen molar-refractivity contribution in [2.75, 3.05) is 26.3 Å². The first-order valence-corrected chi connectivity index (χ1v) is 11.7. The Morgan fingerprint density at radius 1 is 0.971 bits per heavy atom. The molecule has 2 aromatic rings. The molecule has 1 saturated heterocycles. The standard InChI is InChI=1S/C26H28N2O6/c29-24(28-12-18(13-28)33-15-25(30)31)11-16-9-17(10-16)27-26(32)34-14-23-21-7-3-1-5-19(21)20-6-2-4-8-22(20)23/h1-8,16-18,23H,9-15H2,(H,27,32)(H,30,31). The molecule has 0 unspecified atom stereocenters. The largest absolute Gasteiger partial charge is 0.480 e. The Kier molecular flexibility index (Phi) is 6.24. The summed E-state index contributed by atoms with van der Waals surface area (Å²) < 4.78 is 10.8. The van der Waals surface area contributed by atoms with E-state index in [1.165, 1.54) is 22.3 Å². The van der Waals surface area contributed by atoms with Gasteiger partial charge < -0.3 is 24.8 Å². The van der Waals surface area contributed by atoms with E-state index in [0.717, 1.165) is 12.8 Å². The number of rotatable bonds is 8. The minimum atomic E-state index is -1.01. The van der Waals surface area contributed by atoms with Gasteiger partial charge in [0.2, 0.25) is 5.91 Å². The summed E-state index contributed by atoms with van der Waals surface area (Å²) in [5.74, 6) is -0.677. The van der Waals surface area contributed by atoms with Gasteiger partial charge in [-0.1, -0.05) is 48.5 Å². The first-order valence-electron chi connectivity index (χ1n) is 11.7. The maximum absolute atomic E-state index is 12.4. The molecule has 0 aromatic heterocycles. The summed E-state index contributed by atoms with van der Waals surface area (Å²) in [6.07, 6.45) is 1.34. The number of alkyl carbamates (subject to hydrolysis) is 1. The second-order valence-corrected chi connectivity index (χ2v) is 9.33. The second-order valence-electron chi connectivity index (χ2n) is 9.33. The van der Waals surface area contributed by atoms with E-state index >= 15 is 0 Å². The zero-order chi connectivity index (χ0) is 23.7. The molecule has 8 nitrogen and oxygen atoms in total. The molecule has 2 aliphatic carbocycles. The number of ether oxygens (including phenoxy) is 2. The molecule has 0 atom stereocenters. The number of aliphatic carboxylic acids is 1. The third-order valence-corrected chi connectivity index (χ3v) is 7.01. The Morgan fingerprint density at radius 3 is 2.21 bits per heavy atom. The van der Waals surface area contributed by atoms with Crippen LogP contribution in [-0.2, 0) is 19.1 Å². The minimum Gasteiger partial charge on any atom is -0.480 e. The lowest BCUT2D eigenvalue weighted by Gasteiger charge is -2.41. The van der Waals surface area contributed by atoms with E-state index < -0.39 is 12.1 Å². The number of hydrogen-bond acceptors (Lipinski definition) is 5. The molecular formula is C26H28N2O6. The summed E-state index contributed by atoms with van der Waals surface area (Å²) in [5.41, 5.74) is 4.75. The lowest BCUT2D eigenvalue weighted by molar-refractivity contribution is -0.155. The number of nitrogens with one attached hydrogen (secondary N) is 1. The number of carboxylic acid groups (broad SMARTS) is 1. The zero-order valence-corrected chi connectivity index (χ0v) is 18.8. The average molecular weight is 465 g/mol. The summed E-state index contributed by atoms with van der Waals surface area (Å²) >= 11 is 0. The fraction of sp³-hybridized carbons (Fsp3) is 0.423. The highest BCUT2D eigenvalue weighted by Crippen LogP contribution is 2.44. The van der Waals surface area contributed by atoms with Gasteiger partial charge >= 0.3 is 12.1 Å². The number of carboxylic acids is 1. The zero-order valence-electron chi connectivity index (χ0n) is 18.8. The van der Waals surface area contributed by atoms with Crippen molar-refractivity contribution in [3.05, 3.63) is 59.7 Å². The number of hydrogen-bond donors (Lipinski definition) is 2. The van der Waals surface area contributed by atoms with Gasteiger partial charge in [-0.3, -0.25) is 4.79 Å². The molecule has 34 heavy (non-hydrogen) atoms. The number of carbonyl (C=O) groups is 3. The van der Waals surface area contributed by atoms with Crippen LogP contribution in [0.5, 0.6) is 0 Å². The van der Waals surface area contributed by atoms with Gasteiger partial charge in [-0.15, -0.1) is 0 Å². The highest BCUT2D eigenvalue weighted by atomic mass is 16.5. The van der Waals surface area contributed by atoms with Gasteiger partial charge in [-0.05, 0) is 41.0 Å². The first-order chi connectivity index (χ1) is 16.5. The third-order valence-electron chi connectivity index (χ3n) is 7.01. The van der Waals surface area contributed by atoms with Crippen molar-refractivity contribution in [3.63, 3.8) is 0 Å². The van der Waals surface area contributed by atoms with Crippen molar-refractivity contribution in [1.82, 2.24) is 10.2 Å². The molecule has 1 aliphatic heterocycles. The van der Waals surface area contributed by atoms with E-state index in [-0.39, 0.29) is 43.1 Å². The van der Waals surface area contributed by atoms with Crippen LogP contribution in [0, 0.1) is 5.92 Å². The molecule has 2 fully saturated rings. The van der Waals surface area contributed by atoms with E-state index in [4.69, 9.17) is 14.6 Å². The second kappa shape index (κ2) is 9.46. The molecule has 2 N–H and O–H groups in total. The van der Waals surface area contributed by atoms with Crippen LogP contribution >= 0.6 is 0 Å². The summed E-state index contributed by atoms with van der Waals surface area (Å²) in [6.45, 7) is 0.841. The molecule has 8 heteroatoms. The highest BCUT2D eigenvalue weighted by molar-refractivity contribution is 5.79. The quantitative estimate of drug-likeness (QED) is 0.622. The van der Waals surface area contributed by atoms with Crippen LogP contribution < -0.4 is 5.32 Å². The van der Waals surface area contributed by atoms with Crippen molar-refractivity contribution in [2.24, 2.45) is 5.92 Å². The topological polar surface area (TPSA) is 105 Å². The fourth-order valence-electron chi connectivity index (χ4n) is 5.14. The van der Waals surface area contributed by atoms with Crippen LogP contribution in [0.3, 0.4) is 0 Å². The molecule has 0 radical (unpaired) electrons. The molecule has 178 valence electrons. The van der Waals surface area contributed by atoms with Crippen molar-refractivity contribution in [3.8, 4) is 11.1 Å². The Labute approximate surface area is 197 Å². The first kappa shape index (κ1) is 22.4. The number of likely N-dealkylation sites (tertiary alicyclic amines) is 1. The van der Waals surface area contributed by atoms with E-state index in [1.807, 2.05) is 24.3 Å². The lowest BCUT2D eigenvalue weighted by atomic mass is 9.78. The molecular weight excluding hydrogens is 436 g/mol. The van der Waals surface area contributed by atoms with E-state index in [0.29, 0.717) is 19.5 Å². The molecule has 3 aliphatic rings. The van der Waals surface area contributed by atoms with Crippen molar-refractivity contribution >= 4 is 18.0 Å². The van der Waals surface area contributed by atoms with Crippen molar-refractivity contribution in [1.29, 1.82) is 0 Å². The fourth-order valence-corrected chi connectivity index (χ4v) is 5.14. The van der Waals surface area contributed by atoms with Crippen LogP contribution in [0.25, 0.3) is 11.1 Å². The van der Waals surface area contributed by atoms with Crippen molar-refractivity contribution in [2.45, 2.75) is 37.3 Å². The Balaban J connectivity index is 1.03. The van der Waals surface area contributed by atoms with Gasteiger partial charge in [0, 0.05) is 31.5 Å². The van der Waals surface area contributed by atoms with Gasteiger partial charge in [0.15, 0.2) is 0 Å². The highest BCUT2D eigenvalue weighted by Gasteiger charge is 2.37. The predicted octanol–water partition coefficient (Wildman–Crippen LogP) is 3.01. The van der Waals surface area contributed by atoms with Gasteiger partial charge in [0.05, 0.1) is 6.10 Å². The number of carbonyl (C=O) groups excluding carboxylic acids is 2. The smallest absolute Gasteiger partial charge is 0.407 e. The molecule has 1 heterocycles. The minimum absolute atomic E-state index is 0.0245. The van der Waals surface area contributed by atoms with Gasteiger partial charge in [-0.2, -0.15) is 0 Å². The van der Waals surface area contributed by atoms with Gasteiger partial charge in [0.25, 0.3) is 0 Å². The number of nitrogens with zero attached hydrogens (tertiary/aromatic N) is 1. The lowest BCUT2D eigenvalue weighted by Crippen LogP contribution is -2.56. The summed E-state index contributed by atoms with van der Waals surface area (Å²) in [6, 6.07) is 16.5. The third kappa shape index (κ3) is 4.63. The normalized spacial score (nSPS) is 21.1. The van der Waals surface area contributed by atoms with Gasteiger partial charge in [0.1, 0.15) is 13.2 Å². The van der Waals surface area contributed by atoms with Crippen molar-refractivity contribution < 1.29 is 29.0 Å². The summed E-state index contributed by atoms with van der Waals surface area (Å²) in [7, 11) is 0. The predicted molar refractivity (Wildman–Crippen MR) is 123 cm³/mol. The number of benzene rings is 2. The van der Waals surface area contributed by atoms with Crippen LogP contribution in [0.2, 0.25) is 0 Å².